The molecule has 1 unspecified atom stereocenters. The Kier molecular flexibility index (Phi) is 3.01. The molecule has 7 heteroatoms. The summed E-state index contributed by atoms with van der Waals surface area (Å²) in [5.41, 5.74) is 0.563. The van der Waals surface area contributed by atoms with Crippen LogP contribution >= 0.6 is 11.3 Å². The molecule has 0 amide bonds. The van der Waals surface area contributed by atoms with E-state index in [9.17, 15) is 18.0 Å². The van der Waals surface area contributed by atoms with E-state index < -0.39 is 29.3 Å². The number of rotatable bonds is 2. The zero-order chi connectivity index (χ0) is 14.4. The summed E-state index contributed by atoms with van der Waals surface area (Å²) in [5.74, 6) is -5.74. The monoisotopic (exact) mass is 299 g/mol. The van der Waals surface area contributed by atoms with Gasteiger partial charge in [-0.2, -0.15) is 0 Å². The topological polar surface area (TPSA) is 50.2 Å². The molecule has 1 aliphatic rings. The molecular formula is C13H8F3NO2S. The molecule has 0 aliphatic heterocycles. The Labute approximate surface area is 115 Å². The van der Waals surface area contributed by atoms with E-state index >= 15 is 0 Å². The molecule has 20 heavy (non-hydrogen) atoms. The lowest BCUT2D eigenvalue weighted by atomic mass is 10.1. The third-order valence-corrected chi connectivity index (χ3v) is 4.43. The minimum atomic E-state index is -1.53. The summed E-state index contributed by atoms with van der Waals surface area (Å²) < 4.78 is 39.3. The second kappa shape index (κ2) is 4.59. The van der Waals surface area contributed by atoms with Crippen LogP contribution < -0.4 is 0 Å². The first-order chi connectivity index (χ1) is 9.47. The van der Waals surface area contributed by atoms with Crippen molar-refractivity contribution in [2.24, 2.45) is 0 Å². The Hall–Kier alpha value is -1.89. The van der Waals surface area contributed by atoms with Gasteiger partial charge in [-0.05, 0) is 25.0 Å². The van der Waals surface area contributed by atoms with Gasteiger partial charge in [0, 0.05) is 10.4 Å². The average Bonchev–Trinajstić information content (AvgIpc) is 2.94. The van der Waals surface area contributed by atoms with Gasteiger partial charge in [-0.1, -0.05) is 0 Å². The molecule has 1 aliphatic carbocycles. The minimum absolute atomic E-state index is 0.116. The fourth-order valence-electron chi connectivity index (χ4n) is 2.27. The number of hydrogen-bond acceptors (Lipinski definition) is 3. The zero-order valence-corrected chi connectivity index (χ0v) is 10.8. The van der Waals surface area contributed by atoms with Crippen LogP contribution in [0.1, 0.15) is 22.9 Å². The second-order valence-corrected chi connectivity index (χ2v) is 5.59. The quantitative estimate of drug-likeness (QED) is 0.865. The van der Waals surface area contributed by atoms with Crippen molar-refractivity contribution in [3.63, 3.8) is 0 Å². The van der Waals surface area contributed by atoms with E-state index in [2.05, 4.69) is 4.98 Å². The van der Waals surface area contributed by atoms with Crippen molar-refractivity contribution in [3.8, 4) is 10.6 Å². The lowest BCUT2D eigenvalue weighted by Gasteiger charge is -2.02. The Morgan fingerprint density at radius 2 is 1.95 bits per heavy atom. The van der Waals surface area contributed by atoms with Crippen LogP contribution in [0.5, 0.6) is 0 Å². The molecule has 0 radical (unpaired) electrons. The molecule has 0 saturated carbocycles. The number of halogens is 3. The smallest absolute Gasteiger partial charge is 0.312 e. The van der Waals surface area contributed by atoms with Crippen molar-refractivity contribution in [1.29, 1.82) is 0 Å². The normalized spacial score (nSPS) is 17.2. The maximum atomic E-state index is 13.2. The number of carboxylic acids is 1. The largest absolute Gasteiger partial charge is 0.481 e. The molecule has 1 aromatic carbocycles. The molecule has 2 aromatic rings. The predicted octanol–water partition coefficient (Wildman–Crippen LogP) is 3.34. The Morgan fingerprint density at radius 1 is 1.30 bits per heavy atom. The summed E-state index contributed by atoms with van der Waals surface area (Å²) in [7, 11) is 0. The first-order valence-electron chi connectivity index (χ1n) is 5.84. The van der Waals surface area contributed by atoms with Gasteiger partial charge in [-0.15, -0.1) is 11.3 Å². The van der Waals surface area contributed by atoms with Crippen molar-refractivity contribution >= 4 is 17.3 Å². The Bertz CT molecular complexity index is 691. The molecule has 0 spiro atoms. The van der Waals surface area contributed by atoms with Crippen molar-refractivity contribution in [2.75, 3.05) is 0 Å². The molecule has 1 heterocycles. The lowest BCUT2D eigenvalue weighted by Crippen LogP contribution is -2.08. The summed E-state index contributed by atoms with van der Waals surface area (Å²) in [6.07, 6.45) is 1.06. The number of carbonyl (C=O) groups is 1. The number of carboxylic acid groups (broad SMARTS) is 1. The average molecular weight is 299 g/mol. The van der Waals surface area contributed by atoms with Gasteiger partial charge >= 0.3 is 5.97 Å². The number of benzene rings is 1. The molecule has 1 atom stereocenters. The Morgan fingerprint density at radius 3 is 2.55 bits per heavy atom. The van der Waals surface area contributed by atoms with Crippen LogP contribution in [0.2, 0.25) is 0 Å². The summed E-state index contributed by atoms with van der Waals surface area (Å²) in [6, 6.07) is 1.73. The highest BCUT2D eigenvalue weighted by molar-refractivity contribution is 7.15. The maximum Gasteiger partial charge on any atom is 0.312 e. The molecule has 3 rings (SSSR count). The zero-order valence-electron chi connectivity index (χ0n) is 9.99. The van der Waals surface area contributed by atoms with Crippen LogP contribution in [0, 0.1) is 17.5 Å². The molecule has 0 saturated heterocycles. The summed E-state index contributed by atoms with van der Waals surface area (Å²) in [5, 5.41) is 9.36. The molecular weight excluding hydrogens is 291 g/mol. The molecule has 104 valence electrons. The second-order valence-electron chi connectivity index (χ2n) is 4.51. The third kappa shape index (κ3) is 1.98. The van der Waals surface area contributed by atoms with Crippen LogP contribution in [-0.2, 0) is 11.2 Å². The predicted molar refractivity (Wildman–Crippen MR) is 66.1 cm³/mol. The van der Waals surface area contributed by atoms with E-state index in [1.165, 1.54) is 11.3 Å². The van der Waals surface area contributed by atoms with E-state index in [0.29, 0.717) is 23.5 Å². The van der Waals surface area contributed by atoms with E-state index in [-0.39, 0.29) is 5.56 Å². The van der Waals surface area contributed by atoms with Crippen LogP contribution in [0.3, 0.4) is 0 Å². The molecule has 1 aromatic heterocycles. The van der Waals surface area contributed by atoms with Gasteiger partial charge in [-0.25, -0.2) is 18.2 Å². The van der Waals surface area contributed by atoms with Gasteiger partial charge in [-0.3, -0.25) is 4.79 Å². The van der Waals surface area contributed by atoms with Crippen LogP contribution in [0.15, 0.2) is 12.1 Å². The number of hydrogen-bond donors (Lipinski definition) is 1. The fraction of sp³-hybridized carbons (Fsp3) is 0.231. The summed E-state index contributed by atoms with van der Waals surface area (Å²) in [6.45, 7) is 0. The number of thiazole rings is 1. The molecule has 0 fully saturated rings. The standard InChI is InChI=1S/C13H8F3NO2S/c14-7-3-5(4-8(15)10(7)16)12-17-11-6(13(18)19)1-2-9(11)20-12/h3-4,6H,1-2H2,(H,18,19). The maximum absolute atomic E-state index is 13.2. The number of aliphatic carboxylic acids is 1. The minimum Gasteiger partial charge on any atom is -0.481 e. The lowest BCUT2D eigenvalue weighted by molar-refractivity contribution is -0.138. The number of nitrogens with zero attached hydrogens (tertiary/aromatic N) is 1. The Balaban J connectivity index is 2.05. The SMILES string of the molecule is O=C(O)C1CCc2sc(-c3cc(F)c(F)c(F)c3)nc21. The highest BCUT2D eigenvalue weighted by Gasteiger charge is 2.32. The molecule has 3 nitrogen and oxygen atoms in total. The van der Waals surface area contributed by atoms with E-state index in [1.54, 1.807) is 0 Å². The van der Waals surface area contributed by atoms with Crippen LogP contribution in [0.4, 0.5) is 13.2 Å². The van der Waals surface area contributed by atoms with Gasteiger partial charge < -0.3 is 5.11 Å². The highest BCUT2D eigenvalue weighted by Crippen LogP contribution is 2.40. The van der Waals surface area contributed by atoms with Crippen LogP contribution in [-0.4, -0.2) is 16.1 Å². The van der Waals surface area contributed by atoms with E-state index in [0.717, 1.165) is 17.0 Å². The van der Waals surface area contributed by atoms with Crippen molar-refractivity contribution in [2.45, 2.75) is 18.8 Å². The highest BCUT2D eigenvalue weighted by atomic mass is 32.1. The van der Waals surface area contributed by atoms with Crippen molar-refractivity contribution in [1.82, 2.24) is 4.98 Å². The summed E-state index contributed by atoms with van der Waals surface area (Å²) in [4.78, 5) is 16.0. The third-order valence-electron chi connectivity index (χ3n) is 3.25. The molecule has 0 bridgehead atoms. The van der Waals surface area contributed by atoms with Gasteiger partial charge in [0.25, 0.3) is 0 Å². The number of aryl methyl sites for hydroxylation is 1. The van der Waals surface area contributed by atoms with Gasteiger partial charge in [0.05, 0.1) is 5.69 Å². The van der Waals surface area contributed by atoms with Gasteiger partial charge in [0.2, 0.25) is 0 Å². The van der Waals surface area contributed by atoms with E-state index in [4.69, 9.17) is 5.11 Å². The summed E-state index contributed by atoms with van der Waals surface area (Å²) >= 11 is 1.19. The first-order valence-corrected chi connectivity index (χ1v) is 6.66. The number of aromatic nitrogens is 1. The van der Waals surface area contributed by atoms with Gasteiger partial charge in [0.15, 0.2) is 17.5 Å². The van der Waals surface area contributed by atoms with Crippen molar-refractivity contribution in [3.05, 3.63) is 40.2 Å². The fourth-order valence-corrected chi connectivity index (χ4v) is 3.40. The van der Waals surface area contributed by atoms with Crippen molar-refractivity contribution < 1.29 is 23.1 Å². The van der Waals surface area contributed by atoms with Gasteiger partial charge in [0.1, 0.15) is 10.9 Å². The van der Waals surface area contributed by atoms with Crippen LogP contribution in [0.25, 0.3) is 10.6 Å². The number of fused-ring (bicyclic) bond motifs is 1. The first kappa shape index (κ1) is 13.1. The molecule has 1 N–H and O–H groups in total. The van der Waals surface area contributed by atoms with E-state index in [1.807, 2.05) is 0 Å².